The third-order valence-electron chi connectivity index (χ3n) is 3.18. The van der Waals surface area contributed by atoms with Crippen molar-refractivity contribution in [3.05, 3.63) is 50.6 Å². The van der Waals surface area contributed by atoms with Crippen LogP contribution < -0.4 is 5.01 Å². The largest absolute Gasteiger partial charge is 0.255 e. The molecule has 0 fully saturated rings. The normalized spacial score (nSPS) is 22.2. The maximum absolute atomic E-state index is 6.29. The molecule has 0 saturated heterocycles. The maximum Gasteiger partial charge on any atom is 0.0943 e. The molecule has 0 unspecified atom stereocenters. The topological polar surface area (TPSA) is 15.6 Å². The molecule has 0 aliphatic carbocycles. The maximum atomic E-state index is 6.29. The predicted molar refractivity (Wildman–Crippen MR) is 83.7 cm³/mol. The smallest absolute Gasteiger partial charge is 0.0943 e. The Morgan fingerprint density at radius 1 is 1.26 bits per heavy atom. The van der Waals surface area contributed by atoms with Gasteiger partial charge in [0.05, 0.1) is 16.8 Å². The van der Waals surface area contributed by atoms with E-state index in [-0.39, 0.29) is 6.04 Å². The van der Waals surface area contributed by atoms with E-state index >= 15 is 0 Å². The predicted octanol–water partition coefficient (Wildman–Crippen LogP) is 5.24. The number of anilines is 1. The minimum atomic E-state index is 0.207. The minimum absolute atomic E-state index is 0.207. The molecule has 0 bridgehead atoms. The molecule has 1 aromatic carbocycles. The Hall–Kier alpha value is -1.03. The van der Waals surface area contributed by atoms with E-state index in [2.05, 4.69) is 29.5 Å². The second-order valence-corrected chi connectivity index (χ2v) is 6.35. The van der Waals surface area contributed by atoms with Crippen LogP contribution in [0.25, 0.3) is 0 Å². The molecule has 98 valence electrons. The molecule has 3 rings (SSSR count). The number of hydrogen-bond donors (Lipinski definition) is 0. The van der Waals surface area contributed by atoms with E-state index in [9.17, 15) is 0 Å². The SMILES string of the molecule is C[C@@H]1C=NN(c2ccc(Cl)cc2Cl)[C@H]1c1cccs1. The first-order chi connectivity index (χ1) is 9.16. The van der Waals surface area contributed by atoms with E-state index in [4.69, 9.17) is 23.2 Å². The quantitative estimate of drug-likeness (QED) is 0.740. The van der Waals surface area contributed by atoms with Gasteiger partial charge in [-0.1, -0.05) is 36.2 Å². The minimum Gasteiger partial charge on any atom is -0.255 e. The van der Waals surface area contributed by atoms with Crippen LogP contribution in [0.2, 0.25) is 10.0 Å². The van der Waals surface area contributed by atoms with E-state index in [1.807, 2.05) is 23.4 Å². The molecule has 0 saturated carbocycles. The number of halogens is 2. The summed E-state index contributed by atoms with van der Waals surface area (Å²) in [6.45, 7) is 2.16. The molecule has 0 amide bonds. The summed E-state index contributed by atoms with van der Waals surface area (Å²) in [6.07, 6.45) is 1.97. The number of thiophene rings is 1. The molecule has 1 aliphatic heterocycles. The number of hydrogen-bond acceptors (Lipinski definition) is 3. The zero-order chi connectivity index (χ0) is 13.4. The fraction of sp³-hybridized carbons (Fsp3) is 0.214. The number of rotatable bonds is 2. The van der Waals surface area contributed by atoms with Crippen LogP contribution in [0.5, 0.6) is 0 Å². The van der Waals surface area contributed by atoms with Gasteiger partial charge in [-0.15, -0.1) is 11.3 Å². The lowest BCUT2D eigenvalue weighted by molar-refractivity contribution is 0.602. The van der Waals surface area contributed by atoms with Crippen LogP contribution in [0.1, 0.15) is 17.8 Å². The van der Waals surface area contributed by atoms with Gasteiger partial charge in [0.2, 0.25) is 0 Å². The molecule has 5 heteroatoms. The first-order valence-corrected chi connectivity index (χ1v) is 7.62. The van der Waals surface area contributed by atoms with Crippen LogP contribution in [0.3, 0.4) is 0 Å². The van der Waals surface area contributed by atoms with Gasteiger partial charge < -0.3 is 0 Å². The van der Waals surface area contributed by atoms with Crippen molar-refractivity contribution >= 4 is 46.4 Å². The van der Waals surface area contributed by atoms with Gasteiger partial charge in [0.1, 0.15) is 0 Å². The molecular weight excluding hydrogens is 299 g/mol. The van der Waals surface area contributed by atoms with Crippen LogP contribution >= 0.6 is 34.5 Å². The molecule has 2 aromatic rings. The van der Waals surface area contributed by atoms with Crippen molar-refractivity contribution in [2.75, 3.05) is 5.01 Å². The fourth-order valence-corrected chi connectivity index (χ4v) is 3.69. The van der Waals surface area contributed by atoms with Crippen LogP contribution in [-0.2, 0) is 0 Å². The molecule has 2 nitrogen and oxygen atoms in total. The van der Waals surface area contributed by atoms with Crippen LogP contribution in [-0.4, -0.2) is 6.21 Å². The first-order valence-electron chi connectivity index (χ1n) is 5.98. The first kappa shape index (κ1) is 13.0. The summed E-state index contributed by atoms with van der Waals surface area (Å²) in [4.78, 5) is 1.29. The van der Waals surface area contributed by atoms with E-state index < -0.39 is 0 Å². The molecule has 1 aromatic heterocycles. The van der Waals surface area contributed by atoms with Crippen LogP contribution in [0.15, 0.2) is 40.8 Å². The van der Waals surface area contributed by atoms with E-state index in [0.29, 0.717) is 16.0 Å². The second kappa shape index (κ2) is 5.16. The highest BCUT2D eigenvalue weighted by atomic mass is 35.5. The van der Waals surface area contributed by atoms with Crippen molar-refractivity contribution in [3.63, 3.8) is 0 Å². The highest BCUT2D eigenvalue weighted by Gasteiger charge is 2.32. The lowest BCUT2D eigenvalue weighted by Gasteiger charge is -2.26. The van der Waals surface area contributed by atoms with Gasteiger partial charge >= 0.3 is 0 Å². The molecule has 2 heterocycles. The average molecular weight is 311 g/mol. The molecule has 0 N–H and O–H groups in total. The summed E-state index contributed by atoms with van der Waals surface area (Å²) in [5.41, 5.74) is 0.894. The van der Waals surface area contributed by atoms with E-state index in [0.717, 1.165) is 5.69 Å². The van der Waals surface area contributed by atoms with E-state index in [1.165, 1.54) is 4.88 Å². The number of benzene rings is 1. The lowest BCUT2D eigenvalue weighted by atomic mass is 10.0. The molecule has 2 atom stereocenters. The van der Waals surface area contributed by atoms with Crippen LogP contribution in [0.4, 0.5) is 5.69 Å². The molecule has 19 heavy (non-hydrogen) atoms. The van der Waals surface area contributed by atoms with E-state index in [1.54, 1.807) is 17.4 Å². The molecular formula is C14H12Cl2N2S. The van der Waals surface area contributed by atoms with Crippen molar-refractivity contribution < 1.29 is 0 Å². The van der Waals surface area contributed by atoms with Gasteiger partial charge in [0, 0.05) is 22.0 Å². The Kier molecular flexibility index (Phi) is 3.52. The monoisotopic (exact) mass is 310 g/mol. The van der Waals surface area contributed by atoms with Gasteiger partial charge in [-0.2, -0.15) is 5.10 Å². The van der Waals surface area contributed by atoms with Gasteiger partial charge in [0.25, 0.3) is 0 Å². The third kappa shape index (κ3) is 2.38. The third-order valence-corrected chi connectivity index (χ3v) is 4.66. The lowest BCUT2D eigenvalue weighted by Crippen LogP contribution is -2.22. The second-order valence-electron chi connectivity index (χ2n) is 4.52. The van der Waals surface area contributed by atoms with Crippen molar-refractivity contribution in [2.45, 2.75) is 13.0 Å². The Bertz CT molecular complexity index is 610. The summed E-state index contributed by atoms with van der Waals surface area (Å²) in [6, 6.07) is 9.92. The summed E-state index contributed by atoms with van der Waals surface area (Å²) < 4.78 is 0. The van der Waals surface area contributed by atoms with Crippen molar-refractivity contribution in [3.8, 4) is 0 Å². The van der Waals surface area contributed by atoms with Gasteiger partial charge in [-0.25, -0.2) is 0 Å². The summed E-state index contributed by atoms with van der Waals surface area (Å²) >= 11 is 14.0. The average Bonchev–Trinajstić information content (AvgIpc) is 2.98. The standard InChI is InChI=1S/C14H12Cl2N2S/c1-9-8-17-18(14(9)13-3-2-6-19-13)12-5-4-10(15)7-11(12)16/h2-9,14H,1H3/t9-,14-/m1/s1. The van der Waals surface area contributed by atoms with Crippen molar-refractivity contribution in [1.29, 1.82) is 0 Å². The Morgan fingerprint density at radius 3 is 2.79 bits per heavy atom. The summed E-state index contributed by atoms with van der Waals surface area (Å²) in [5.74, 6) is 0.352. The molecule has 0 spiro atoms. The Labute approximate surface area is 126 Å². The highest BCUT2D eigenvalue weighted by Crippen LogP contribution is 2.41. The summed E-state index contributed by atoms with van der Waals surface area (Å²) in [7, 11) is 0. The zero-order valence-corrected chi connectivity index (χ0v) is 12.6. The van der Waals surface area contributed by atoms with Crippen molar-refractivity contribution in [1.82, 2.24) is 0 Å². The fourth-order valence-electron chi connectivity index (χ4n) is 2.27. The van der Waals surface area contributed by atoms with Crippen LogP contribution in [0, 0.1) is 5.92 Å². The highest BCUT2D eigenvalue weighted by molar-refractivity contribution is 7.10. The number of hydrazone groups is 1. The Morgan fingerprint density at radius 2 is 2.11 bits per heavy atom. The summed E-state index contributed by atoms with van der Waals surface area (Å²) in [5, 5.41) is 9.83. The van der Waals surface area contributed by atoms with Gasteiger partial charge in [0.15, 0.2) is 0 Å². The zero-order valence-electron chi connectivity index (χ0n) is 10.3. The van der Waals surface area contributed by atoms with Gasteiger partial charge in [-0.05, 0) is 29.6 Å². The van der Waals surface area contributed by atoms with Gasteiger partial charge in [-0.3, -0.25) is 5.01 Å². The Balaban J connectivity index is 2.01. The molecule has 0 radical (unpaired) electrons. The van der Waals surface area contributed by atoms with Crippen molar-refractivity contribution in [2.24, 2.45) is 11.0 Å². The number of nitrogens with zero attached hydrogens (tertiary/aromatic N) is 2. The molecule has 1 aliphatic rings.